The van der Waals surface area contributed by atoms with E-state index >= 15 is 0 Å². The number of thiazole rings is 2. The molecule has 0 spiro atoms. The van der Waals surface area contributed by atoms with Crippen LogP contribution in [0.4, 0.5) is 0 Å². The van der Waals surface area contributed by atoms with Gasteiger partial charge in [-0.3, -0.25) is 0 Å². The molecule has 6 aromatic heterocycles. The molecular weight excluding hydrogens is 857 g/mol. The van der Waals surface area contributed by atoms with E-state index in [1.807, 2.05) is 45.3 Å². The van der Waals surface area contributed by atoms with Crippen LogP contribution >= 0.6 is 68.0 Å². The molecule has 332 valence electrons. The topological polar surface area (TPSA) is 25.8 Å². The highest BCUT2D eigenvalue weighted by molar-refractivity contribution is 7.33. The maximum atomic E-state index is 5.47. The molecule has 2 nitrogen and oxygen atoms in total. The smallest absolute Gasteiger partial charge is 0.155 e. The van der Waals surface area contributed by atoms with Gasteiger partial charge in [0.15, 0.2) is 9.66 Å². The molecule has 4 atom stereocenters. The van der Waals surface area contributed by atoms with E-state index in [1.165, 1.54) is 153 Å². The van der Waals surface area contributed by atoms with Gasteiger partial charge in [0.1, 0.15) is 10.0 Å². The van der Waals surface area contributed by atoms with E-state index in [9.17, 15) is 0 Å². The number of hydrogen-bond donors (Lipinski definition) is 0. The predicted octanol–water partition coefficient (Wildman–Crippen LogP) is 19.8. The molecule has 6 heterocycles. The van der Waals surface area contributed by atoms with Gasteiger partial charge in [-0.25, -0.2) is 9.97 Å². The van der Waals surface area contributed by atoms with Gasteiger partial charge in [-0.15, -0.1) is 45.3 Å². The molecule has 8 heteroatoms. The molecule has 1 aliphatic rings. The highest BCUT2D eigenvalue weighted by Crippen LogP contribution is 2.65. The van der Waals surface area contributed by atoms with Gasteiger partial charge in [-0.1, -0.05) is 168 Å². The molecule has 0 saturated carbocycles. The number of hydrogen-bond acceptors (Lipinski definition) is 8. The number of unbranched alkanes of at least 4 members (excludes halogenated alkanes) is 4. The third kappa shape index (κ3) is 9.67. The summed E-state index contributed by atoms with van der Waals surface area (Å²) in [5, 5.41) is 2.35. The molecule has 0 fully saturated rings. The van der Waals surface area contributed by atoms with E-state index in [1.54, 1.807) is 20.9 Å². The summed E-state index contributed by atoms with van der Waals surface area (Å²) in [7, 11) is 0. The van der Waals surface area contributed by atoms with E-state index in [0.717, 1.165) is 28.4 Å². The lowest BCUT2D eigenvalue weighted by molar-refractivity contribution is 0.180. The Labute approximate surface area is 394 Å². The van der Waals surface area contributed by atoms with Gasteiger partial charge in [0.25, 0.3) is 0 Å². The summed E-state index contributed by atoms with van der Waals surface area (Å²) in [6.45, 7) is 23.8. The first kappa shape index (κ1) is 47.3. The van der Waals surface area contributed by atoms with E-state index in [4.69, 9.17) is 9.97 Å². The van der Waals surface area contributed by atoms with E-state index in [0.29, 0.717) is 17.8 Å². The van der Waals surface area contributed by atoms with Gasteiger partial charge in [0.05, 0.1) is 9.75 Å². The molecule has 4 unspecified atom stereocenters. The molecule has 0 saturated heterocycles. The lowest BCUT2D eigenvalue weighted by atomic mass is 9.57. The van der Waals surface area contributed by atoms with Crippen molar-refractivity contribution in [1.29, 1.82) is 0 Å². The van der Waals surface area contributed by atoms with Gasteiger partial charge < -0.3 is 0 Å². The van der Waals surface area contributed by atoms with Crippen LogP contribution < -0.4 is 0 Å². The van der Waals surface area contributed by atoms with E-state index < -0.39 is 0 Å². The fourth-order valence-electron chi connectivity index (χ4n) is 10.9. The molecule has 7 rings (SSSR count). The van der Waals surface area contributed by atoms with Crippen LogP contribution in [-0.4, -0.2) is 9.97 Å². The third-order valence-corrected chi connectivity index (χ3v) is 21.4. The lowest BCUT2D eigenvalue weighted by Gasteiger charge is -2.45. The van der Waals surface area contributed by atoms with Crippen molar-refractivity contribution in [3.05, 3.63) is 56.3 Å². The Balaban J connectivity index is 1.31. The van der Waals surface area contributed by atoms with Crippen LogP contribution in [-0.2, 0) is 18.3 Å². The molecule has 0 bridgehead atoms. The second-order valence-corrected chi connectivity index (χ2v) is 25.0. The maximum Gasteiger partial charge on any atom is 0.155 e. The fraction of sp³-hybridized carbons (Fsp3) is 0.623. The third-order valence-electron chi connectivity index (χ3n) is 14.2. The first-order valence-electron chi connectivity index (χ1n) is 24.4. The lowest BCUT2D eigenvalue weighted by Crippen LogP contribution is -2.41. The summed E-state index contributed by atoms with van der Waals surface area (Å²) in [5.74, 6) is 2.76. The highest BCUT2D eigenvalue weighted by Gasteiger charge is 2.53. The van der Waals surface area contributed by atoms with Crippen molar-refractivity contribution in [1.82, 2.24) is 9.97 Å². The van der Waals surface area contributed by atoms with Crippen molar-refractivity contribution >= 4 is 77.7 Å². The minimum Gasteiger partial charge on any atom is -0.222 e. The molecule has 0 aliphatic heterocycles. The summed E-state index contributed by atoms with van der Waals surface area (Å²) < 4.78 is 0. The van der Waals surface area contributed by atoms with Gasteiger partial charge in [0, 0.05) is 34.7 Å². The largest absolute Gasteiger partial charge is 0.222 e. The second kappa shape index (κ2) is 21.5. The summed E-state index contributed by atoms with van der Waals surface area (Å²) in [5.41, 5.74) is 6.47. The van der Waals surface area contributed by atoms with Crippen LogP contribution in [0, 0.1) is 37.5 Å². The maximum absolute atomic E-state index is 5.47. The van der Waals surface area contributed by atoms with Gasteiger partial charge in [0.2, 0.25) is 0 Å². The van der Waals surface area contributed by atoms with Crippen molar-refractivity contribution in [2.24, 2.45) is 23.7 Å². The van der Waals surface area contributed by atoms with Crippen LogP contribution in [0.15, 0.2) is 24.3 Å². The Bertz CT molecular complexity index is 2260. The molecule has 61 heavy (non-hydrogen) atoms. The first-order valence-corrected chi connectivity index (χ1v) is 29.3. The summed E-state index contributed by atoms with van der Waals surface area (Å²) in [4.78, 5) is 24.8. The minimum absolute atomic E-state index is 0.103. The van der Waals surface area contributed by atoms with Gasteiger partial charge in [-0.2, -0.15) is 0 Å². The molecule has 0 aromatic carbocycles. The monoisotopic (exact) mass is 930 g/mol. The zero-order valence-electron chi connectivity index (χ0n) is 39.2. The Morgan fingerprint density at radius 1 is 0.459 bits per heavy atom. The Kier molecular flexibility index (Phi) is 16.7. The molecule has 0 amide bonds. The minimum atomic E-state index is 0.103. The summed E-state index contributed by atoms with van der Waals surface area (Å²) >= 11 is 11.8. The molecule has 1 aliphatic carbocycles. The van der Waals surface area contributed by atoms with E-state index in [2.05, 4.69) is 116 Å². The fourth-order valence-corrected chi connectivity index (χ4v) is 17.9. The molecule has 6 aromatic rings. The van der Waals surface area contributed by atoms with Crippen molar-refractivity contribution in [2.45, 2.75) is 190 Å². The van der Waals surface area contributed by atoms with Crippen molar-refractivity contribution in [2.75, 3.05) is 0 Å². The zero-order chi connectivity index (χ0) is 43.3. The van der Waals surface area contributed by atoms with Crippen LogP contribution in [0.1, 0.15) is 190 Å². The highest BCUT2D eigenvalue weighted by atomic mass is 32.1. The second-order valence-electron chi connectivity index (χ2n) is 18.4. The molecule has 0 N–H and O–H groups in total. The Morgan fingerprint density at radius 2 is 0.885 bits per heavy atom. The zero-order valence-corrected chi connectivity index (χ0v) is 44.1. The Morgan fingerprint density at radius 3 is 1.41 bits per heavy atom. The van der Waals surface area contributed by atoms with Crippen LogP contribution in [0.5, 0.6) is 0 Å². The van der Waals surface area contributed by atoms with Crippen molar-refractivity contribution in [3.63, 3.8) is 0 Å². The first-order chi connectivity index (χ1) is 29.7. The standard InChI is InChI=1S/C53H74N2S6/c1-11-19-23-35(15-5)29-37-27-33(9)56-45(37)49-54-51-52(60-49)55-50(61-51)46-38(30-36(16-6)24-20-12-2)31-43(58-46)44-32-42-48(59-44)47-41(28-34(10)57-47)53(42,39(17-7)25-21-13-3)40(18-8)26-22-14-4/h27-28,31-32,35-36,39-40H,11-26,29-30H2,1-10H3. The average Bonchev–Trinajstić information content (AvgIpc) is 4.13. The number of thiophene rings is 4. The normalized spacial score (nSPS) is 17.0. The number of aromatic nitrogens is 2. The quantitative estimate of drug-likeness (QED) is 0.0572. The van der Waals surface area contributed by atoms with Crippen molar-refractivity contribution < 1.29 is 0 Å². The van der Waals surface area contributed by atoms with Gasteiger partial charge >= 0.3 is 0 Å². The van der Waals surface area contributed by atoms with E-state index in [-0.39, 0.29) is 5.41 Å². The number of rotatable bonds is 25. The summed E-state index contributed by atoms with van der Waals surface area (Å²) in [6.07, 6.45) is 22.9. The average molecular weight is 932 g/mol. The number of aryl methyl sites for hydroxylation is 2. The molecular formula is C53H74N2S6. The number of fused-ring (bicyclic) bond motifs is 4. The number of nitrogens with zero attached hydrogens (tertiary/aromatic N) is 2. The SMILES string of the molecule is CCCCC(CC)Cc1cc(C)sc1-c1nc2sc(-c3sc(-c4cc5c(s4)-c4sc(C)cc4C5(C(CC)CCCC)C(CC)CCCC)cc3CC(CC)CCCC)nc2s1. The van der Waals surface area contributed by atoms with Crippen LogP contribution in [0.25, 0.3) is 48.9 Å². The van der Waals surface area contributed by atoms with Gasteiger partial charge in [-0.05, 0) is 110 Å². The van der Waals surface area contributed by atoms with Crippen LogP contribution in [0.2, 0.25) is 0 Å². The Hall–Kier alpha value is -1.68. The predicted molar refractivity (Wildman–Crippen MR) is 279 cm³/mol. The van der Waals surface area contributed by atoms with Crippen LogP contribution in [0.3, 0.4) is 0 Å². The molecule has 0 radical (unpaired) electrons. The van der Waals surface area contributed by atoms with Crippen molar-refractivity contribution in [3.8, 4) is 39.3 Å². The summed E-state index contributed by atoms with van der Waals surface area (Å²) in [6, 6.07) is 10.4.